The molecular formula is C16H23ClN2O2. The van der Waals surface area contributed by atoms with Gasteiger partial charge in [-0.3, -0.25) is 4.79 Å². The number of para-hydroxylation sites is 2. The highest BCUT2D eigenvalue weighted by atomic mass is 35.5. The van der Waals surface area contributed by atoms with Gasteiger partial charge in [-0.05, 0) is 56.8 Å². The van der Waals surface area contributed by atoms with E-state index in [1.165, 1.54) is 0 Å². The van der Waals surface area contributed by atoms with Crippen molar-refractivity contribution in [2.45, 2.75) is 26.2 Å². The van der Waals surface area contributed by atoms with Gasteiger partial charge in [-0.15, -0.1) is 12.4 Å². The smallest absolute Gasteiger partial charge is 0.228 e. The minimum atomic E-state index is 0. The maximum Gasteiger partial charge on any atom is 0.228 e. The number of carbonyl (C=O) groups excluding carboxylic acids is 1. The molecule has 1 saturated heterocycles. The van der Waals surface area contributed by atoms with E-state index in [-0.39, 0.29) is 29.6 Å². The largest absolute Gasteiger partial charge is 0.492 e. The van der Waals surface area contributed by atoms with E-state index in [1.54, 1.807) is 0 Å². The summed E-state index contributed by atoms with van der Waals surface area (Å²) in [5, 5.41) is 6.41. The van der Waals surface area contributed by atoms with Crippen LogP contribution in [0.15, 0.2) is 24.3 Å². The van der Waals surface area contributed by atoms with E-state index < -0.39 is 0 Å². The van der Waals surface area contributed by atoms with Gasteiger partial charge in [-0.25, -0.2) is 0 Å². The number of hydrogen-bond donors (Lipinski definition) is 2. The highest BCUT2D eigenvalue weighted by Crippen LogP contribution is 2.58. The Morgan fingerprint density at radius 1 is 1.38 bits per heavy atom. The van der Waals surface area contributed by atoms with Gasteiger partial charge in [0.2, 0.25) is 5.91 Å². The molecule has 21 heavy (non-hydrogen) atoms. The third-order valence-corrected chi connectivity index (χ3v) is 4.55. The second kappa shape index (κ2) is 6.67. The topological polar surface area (TPSA) is 50.4 Å². The van der Waals surface area contributed by atoms with Crippen LogP contribution >= 0.6 is 12.4 Å². The normalized spacial score (nSPS) is 22.2. The van der Waals surface area contributed by atoms with Crippen LogP contribution in [0.2, 0.25) is 0 Å². The molecule has 1 aromatic carbocycles. The molecule has 1 aromatic rings. The molecule has 1 aliphatic carbocycles. The van der Waals surface area contributed by atoms with E-state index in [4.69, 9.17) is 4.74 Å². The summed E-state index contributed by atoms with van der Waals surface area (Å²) in [4.78, 5) is 12.4. The SMILES string of the molecule is CCOc1ccccc1NC(=O)C1CC12CCNCC2.Cl. The lowest BCUT2D eigenvalue weighted by molar-refractivity contribution is -0.118. The molecule has 1 aliphatic heterocycles. The van der Waals surface area contributed by atoms with Gasteiger partial charge in [0.1, 0.15) is 5.75 Å². The number of nitrogens with one attached hydrogen (secondary N) is 2. The molecule has 2 fully saturated rings. The monoisotopic (exact) mass is 310 g/mol. The molecule has 0 radical (unpaired) electrons. The number of halogens is 1. The lowest BCUT2D eigenvalue weighted by Gasteiger charge is -2.23. The van der Waals surface area contributed by atoms with Crippen LogP contribution in [0.5, 0.6) is 5.75 Å². The molecule has 1 unspecified atom stereocenters. The third kappa shape index (κ3) is 3.33. The average molecular weight is 311 g/mol. The van der Waals surface area contributed by atoms with Crippen molar-refractivity contribution in [2.75, 3.05) is 25.0 Å². The molecule has 1 atom stereocenters. The molecule has 5 heteroatoms. The summed E-state index contributed by atoms with van der Waals surface area (Å²) in [5.74, 6) is 1.08. The van der Waals surface area contributed by atoms with Crippen molar-refractivity contribution >= 4 is 24.0 Å². The Hall–Kier alpha value is -1.26. The summed E-state index contributed by atoms with van der Waals surface area (Å²) in [5.41, 5.74) is 1.06. The third-order valence-electron chi connectivity index (χ3n) is 4.55. The fourth-order valence-electron chi connectivity index (χ4n) is 3.27. The Morgan fingerprint density at radius 3 is 2.81 bits per heavy atom. The Kier molecular flexibility index (Phi) is 5.12. The number of hydrogen-bond acceptors (Lipinski definition) is 3. The summed E-state index contributed by atoms with van der Waals surface area (Å²) < 4.78 is 5.55. The zero-order valence-corrected chi connectivity index (χ0v) is 13.2. The molecule has 3 rings (SSSR count). The first kappa shape index (κ1) is 16.1. The van der Waals surface area contributed by atoms with Gasteiger partial charge in [0.15, 0.2) is 0 Å². The Bertz CT molecular complexity index is 501. The first-order valence-electron chi connectivity index (χ1n) is 7.48. The molecule has 2 aliphatic rings. The van der Waals surface area contributed by atoms with E-state index in [9.17, 15) is 4.79 Å². The first-order chi connectivity index (χ1) is 9.75. The van der Waals surface area contributed by atoms with Crippen molar-refractivity contribution in [1.82, 2.24) is 5.32 Å². The number of anilines is 1. The Balaban J connectivity index is 0.00000161. The van der Waals surface area contributed by atoms with Gasteiger partial charge in [-0.2, -0.15) is 0 Å². The maximum atomic E-state index is 12.4. The van der Waals surface area contributed by atoms with E-state index in [2.05, 4.69) is 10.6 Å². The second-order valence-corrected chi connectivity index (χ2v) is 5.79. The molecule has 1 heterocycles. The molecule has 4 nitrogen and oxygen atoms in total. The Morgan fingerprint density at radius 2 is 2.10 bits per heavy atom. The van der Waals surface area contributed by atoms with Crippen LogP contribution in [0.4, 0.5) is 5.69 Å². The van der Waals surface area contributed by atoms with Crippen molar-refractivity contribution in [1.29, 1.82) is 0 Å². The van der Waals surface area contributed by atoms with Crippen LogP contribution in [-0.4, -0.2) is 25.6 Å². The van der Waals surface area contributed by atoms with Gasteiger partial charge in [0.25, 0.3) is 0 Å². The fraction of sp³-hybridized carbons (Fsp3) is 0.562. The number of amides is 1. The lowest BCUT2D eigenvalue weighted by Crippen LogP contribution is -2.31. The zero-order valence-electron chi connectivity index (χ0n) is 12.4. The minimum absolute atomic E-state index is 0. The van der Waals surface area contributed by atoms with Crippen LogP contribution in [-0.2, 0) is 4.79 Å². The second-order valence-electron chi connectivity index (χ2n) is 5.79. The molecule has 1 spiro atoms. The van der Waals surface area contributed by atoms with Crippen LogP contribution in [0.3, 0.4) is 0 Å². The van der Waals surface area contributed by atoms with Gasteiger partial charge in [0.05, 0.1) is 12.3 Å². The van der Waals surface area contributed by atoms with Crippen molar-refractivity contribution < 1.29 is 9.53 Å². The summed E-state index contributed by atoms with van der Waals surface area (Å²) in [6, 6.07) is 7.64. The lowest BCUT2D eigenvalue weighted by atomic mass is 9.92. The number of ether oxygens (including phenoxy) is 1. The number of benzene rings is 1. The zero-order chi connectivity index (χ0) is 14.0. The van der Waals surface area contributed by atoms with E-state index in [0.717, 1.165) is 43.8 Å². The molecule has 0 bridgehead atoms. The highest BCUT2D eigenvalue weighted by molar-refractivity contribution is 5.96. The number of rotatable bonds is 4. The van der Waals surface area contributed by atoms with Crippen molar-refractivity contribution in [3.8, 4) is 5.75 Å². The molecule has 1 amide bonds. The molecule has 116 valence electrons. The van der Waals surface area contributed by atoms with E-state index >= 15 is 0 Å². The maximum absolute atomic E-state index is 12.4. The standard InChI is InChI=1S/C16H22N2O2.ClH/c1-2-20-14-6-4-3-5-13(14)18-15(19)12-11-16(12)7-9-17-10-8-16;/h3-6,12,17H,2,7-11H2,1H3,(H,18,19);1H. The average Bonchev–Trinajstić information content (AvgIpc) is 3.15. The molecule has 1 saturated carbocycles. The van der Waals surface area contributed by atoms with E-state index in [0.29, 0.717) is 6.61 Å². The van der Waals surface area contributed by atoms with Gasteiger partial charge in [0, 0.05) is 5.92 Å². The Labute approximate surface area is 132 Å². The highest BCUT2D eigenvalue weighted by Gasteiger charge is 2.57. The number of piperidine rings is 1. The summed E-state index contributed by atoms with van der Waals surface area (Å²) in [6.45, 7) is 4.63. The quantitative estimate of drug-likeness (QED) is 0.899. The van der Waals surface area contributed by atoms with Crippen molar-refractivity contribution in [2.24, 2.45) is 11.3 Å². The summed E-state index contributed by atoms with van der Waals surface area (Å²) >= 11 is 0. The van der Waals surface area contributed by atoms with Crippen LogP contribution in [0.1, 0.15) is 26.2 Å². The van der Waals surface area contributed by atoms with Crippen LogP contribution in [0, 0.1) is 11.3 Å². The molecule has 0 aromatic heterocycles. The predicted molar refractivity (Wildman–Crippen MR) is 86.1 cm³/mol. The summed E-state index contributed by atoms with van der Waals surface area (Å²) in [7, 11) is 0. The molecule has 2 N–H and O–H groups in total. The first-order valence-corrected chi connectivity index (χ1v) is 7.48. The van der Waals surface area contributed by atoms with Crippen molar-refractivity contribution in [3.05, 3.63) is 24.3 Å². The summed E-state index contributed by atoms with van der Waals surface area (Å²) in [6.07, 6.45) is 3.29. The minimum Gasteiger partial charge on any atom is -0.492 e. The van der Waals surface area contributed by atoms with Crippen LogP contribution < -0.4 is 15.4 Å². The van der Waals surface area contributed by atoms with Crippen LogP contribution in [0.25, 0.3) is 0 Å². The van der Waals surface area contributed by atoms with Gasteiger partial charge >= 0.3 is 0 Å². The van der Waals surface area contributed by atoms with Gasteiger partial charge in [-0.1, -0.05) is 12.1 Å². The van der Waals surface area contributed by atoms with E-state index in [1.807, 2.05) is 31.2 Å². The predicted octanol–water partition coefficient (Wildman–Crippen LogP) is 2.84. The number of carbonyl (C=O) groups is 1. The van der Waals surface area contributed by atoms with Gasteiger partial charge < -0.3 is 15.4 Å². The fourth-order valence-corrected chi connectivity index (χ4v) is 3.27. The van der Waals surface area contributed by atoms with Crippen molar-refractivity contribution in [3.63, 3.8) is 0 Å². The molecular weight excluding hydrogens is 288 g/mol.